The second kappa shape index (κ2) is 10.1. The Morgan fingerprint density at radius 1 is 0.974 bits per heavy atom. The van der Waals surface area contributed by atoms with Gasteiger partial charge in [0.05, 0.1) is 64.5 Å². The zero-order chi connectivity index (χ0) is 28.1. The van der Waals surface area contributed by atoms with E-state index >= 15 is 0 Å². The molecular formula is C22H37B9N6O. The molecule has 1 N–H and O–H groups in total. The maximum Gasteiger partial charge on any atom is 0.228 e. The van der Waals surface area contributed by atoms with Gasteiger partial charge in [-0.25, -0.2) is 9.97 Å². The molecule has 0 aromatic carbocycles. The number of carbonyl (C=O) groups excluding carboxylic acids is 1. The number of pyridine rings is 2. The summed E-state index contributed by atoms with van der Waals surface area (Å²) >= 11 is 0. The minimum absolute atomic E-state index is 0.0234. The quantitative estimate of drug-likeness (QED) is 0.329. The first-order chi connectivity index (χ1) is 17.5. The number of aromatic nitrogens is 4. The van der Waals surface area contributed by atoms with Gasteiger partial charge in [0.2, 0.25) is 5.91 Å². The molecule has 0 bridgehead atoms. The van der Waals surface area contributed by atoms with Gasteiger partial charge in [-0.1, -0.05) is 5.31 Å². The molecule has 4 heterocycles. The van der Waals surface area contributed by atoms with Crippen LogP contribution in [0.1, 0.15) is 12.8 Å². The Labute approximate surface area is 235 Å². The number of hydrogen-bond acceptors (Lipinski definition) is 5. The van der Waals surface area contributed by atoms with Gasteiger partial charge in [-0.3, -0.25) is 9.48 Å². The second-order valence-corrected chi connectivity index (χ2v) is 13.8. The molecule has 3 aromatic heterocycles. The summed E-state index contributed by atoms with van der Waals surface area (Å²) in [6, 6.07) is 5.84. The van der Waals surface area contributed by atoms with Crippen molar-refractivity contribution in [2.24, 2.45) is 13.0 Å². The molecule has 0 atom stereocenters. The number of anilines is 1. The van der Waals surface area contributed by atoms with E-state index in [9.17, 15) is 4.79 Å². The number of amides is 1. The van der Waals surface area contributed by atoms with Crippen molar-refractivity contribution in [3.05, 3.63) is 36.8 Å². The van der Waals surface area contributed by atoms with Crippen molar-refractivity contribution in [2.75, 3.05) is 18.4 Å². The van der Waals surface area contributed by atoms with Crippen LogP contribution in [0.25, 0.3) is 22.2 Å². The molecule has 1 amide bonds. The standard InChI is InChI=1S/C22H37B9N6O/c1-36-11-14(10-33-36)15-3-2-13-9-32-17(8-16(13)34-15)35-18(38)12-4-6-37(7-5-12)22(30,31)19(23,20(24,25)26)21(27,28)29/h2-3,8-12H,4-7,23-31H2,1H3,(H,32,35,38). The lowest BCUT2D eigenvalue weighted by molar-refractivity contribution is -0.121. The van der Waals surface area contributed by atoms with Gasteiger partial charge in [-0.2, -0.15) is 5.10 Å². The van der Waals surface area contributed by atoms with Crippen LogP contribution < -0.4 is 5.32 Å². The minimum atomic E-state index is -0.0253. The highest BCUT2D eigenvalue weighted by Crippen LogP contribution is 2.61. The van der Waals surface area contributed by atoms with Crippen molar-refractivity contribution < 1.29 is 4.79 Å². The van der Waals surface area contributed by atoms with E-state index in [2.05, 4.69) is 90.9 Å². The van der Waals surface area contributed by atoms with Crippen LogP contribution in [0.3, 0.4) is 0 Å². The van der Waals surface area contributed by atoms with Gasteiger partial charge >= 0.3 is 0 Å². The van der Waals surface area contributed by atoms with Gasteiger partial charge in [-0.05, 0) is 43.4 Å². The fraction of sp³-hybridized carbons (Fsp3) is 0.455. The lowest BCUT2D eigenvalue weighted by Gasteiger charge is -2.66. The second-order valence-electron chi connectivity index (χ2n) is 13.8. The number of nitrogens with one attached hydrogen (secondary N) is 1. The van der Waals surface area contributed by atoms with E-state index in [1.165, 1.54) is 0 Å². The first-order valence-corrected chi connectivity index (χ1v) is 13.9. The molecule has 1 aliphatic heterocycles. The fourth-order valence-electron chi connectivity index (χ4n) is 7.00. The van der Waals surface area contributed by atoms with Crippen LogP contribution in [0.4, 0.5) is 5.82 Å². The summed E-state index contributed by atoms with van der Waals surface area (Å²) in [6.45, 7) is 1.82. The number of piperidine rings is 1. The molecule has 38 heavy (non-hydrogen) atoms. The molecule has 7 nitrogen and oxygen atoms in total. The largest absolute Gasteiger partial charge is 0.313 e. The lowest BCUT2D eigenvalue weighted by Crippen LogP contribution is -2.67. The van der Waals surface area contributed by atoms with E-state index in [4.69, 9.17) is 4.98 Å². The van der Waals surface area contributed by atoms with E-state index in [0.29, 0.717) is 5.82 Å². The third-order valence-electron chi connectivity index (χ3n) is 9.71. The van der Waals surface area contributed by atoms with Crippen LogP contribution >= 0.6 is 0 Å². The molecule has 0 saturated carbocycles. The summed E-state index contributed by atoms with van der Waals surface area (Å²) < 4.78 is 1.76. The molecule has 188 valence electrons. The van der Waals surface area contributed by atoms with Gasteiger partial charge in [0, 0.05) is 42.4 Å². The van der Waals surface area contributed by atoms with Gasteiger partial charge in [0.25, 0.3) is 0 Å². The summed E-state index contributed by atoms with van der Waals surface area (Å²) in [4.78, 5) is 25.2. The number of rotatable bonds is 7. The molecule has 0 radical (unpaired) electrons. The Morgan fingerprint density at radius 2 is 1.61 bits per heavy atom. The SMILES string of the molecule is BC(B)(B)C(B)(C(B)(B)B)C(B)(B)N1CCC(C(=O)Nc2cc3nc(-c4cnn(C)c4)ccc3cn2)CC1. The van der Waals surface area contributed by atoms with Gasteiger partial charge < -0.3 is 10.2 Å². The van der Waals surface area contributed by atoms with Crippen LogP contribution in [0.15, 0.2) is 36.8 Å². The first kappa shape index (κ1) is 28.8. The number of aryl methyl sites for hydroxylation is 1. The van der Waals surface area contributed by atoms with Crippen molar-refractivity contribution in [3.63, 3.8) is 0 Å². The van der Waals surface area contributed by atoms with Crippen molar-refractivity contribution in [1.82, 2.24) is 24.6 Å². The molecule has 3 aromatic rings. The molecule has 0 aliphatic carbocycles. The maximum absolute atomic E-state index is 13.3. The van der Waals surface area contributed by atoms with Crippen molar-refractivity contribution >= 4 is 93.2 Å². The van der Waals surface area contributed by atoms with Gasteiger partial charge in [0.1, 0.15) is 29.4 Å². The zero-order valence-corrected chi connectivity index (χ0v) is 25.0. The third kappa shape index (κ3) is 5.17. The molecule has 1 aliphatic rings. The van der Waals surface area contributed by atoms with Crippen LogP contribution in [-0.2, 0) is 11.8 Å². The molecular weight excluding hydrogens is 462 g/mol. The molecule has 4 rings (SSSR count). The third-order valence-corrected chi connectivity index (χ3v) is 9.71. The summed E-state index contributed by atoms with van der Waals surface area (Å²) in [5, 5.41) is 8.52. The normalized spacial score (nSPS) is 16.4. The fourth-order valence-corrected chi connectivity index (χ4v) is 7.00. The van der Waals surface area contributed by atoms with Crippen molar-refractivity contribution in [3.8, 4) is 11.3 Å². The number of fused-ring (bicyclic) bond motifs is 1. The average Bonchev–Trinajstić information content (AvgIpc) is 3.28. The van der Waals surface area contributed by atoms with E-state index in [-0.39, 0.29) is 32.7 Å². The summed E-state index contributed by atoms with van der Waals surface area (Å²) in [6.07, 6.45) is 7.21. The zero-order valence-electron chi connectivity index (χ0n) is 25.0. The van der Waals surface area contributed by atoms with Crippen LogP contribution in [0, 0.1) is 5.92 Å². The Hall–Kier alpha value is -2.22. The predicted molar refractivity (Wildman–Crippen MR) is 182 cm³/mol. The Bertz CT molecular complexity index is 1310. The first-order valence-electron chi connectivity index (χ1n) is 13.9. The summed E-state index contributed by atoms with van der Waals surface area (Å²) in [7, 11) is 23.3. The maximum atomic E-state index is 13.3. The van der Waals surface area contributed by atoms with Gasteiger partial charge in [-0.15, -0.1) is 10.2 Å². The summed E-state index contributed by atoms with van der Waals surface area (Å²) in [5.41, 5.74) is 2.61. The number of nitrogens with zero attached hydrogens (tertiary/aromatic N) is 5. The van der Waals surface area contributed by atoms with Gasteiger partial charge in [0.15, 0.2) is 0 Å². The molecule has 0 unspecified atom stereocenters. The predicted octanol–water partition coefficient (Wildman–Crippen LogP) is -5.66. The minimum Gasteiger partial charge on any atom is -0.313 e. The Balaban J connectivity index is 1.45. The monoisotopic (exact) mass is 500 g/mol. The topological polar surface area (TPSA) is 75.9 Å². The smallest absolute Gasteiger partial charge is 0.228 e. The van der Waals surface area contributed by atoms with Crippen molar-refractivity contribution in [2.45, 2.75) is 33.7 Å². The molecule has 1 fully saturated rings. The lowest BCUT2D eigenvalue weighted by atomic mass is 9.09. The van der Waals surface area contributed by atoms with Crippen LogP contribution in [0.2, 0.25) is 15.5 Å². The average molecular weight is 499 g/mol. The highest BCUT2D eigenvalue weighted by molar-refractivity contribution is 6.71. The molecule has 16 heteroatoms. The van der Waals surface area contributed by atoms with E-state index in [1.54, 1.807) is 17.1 Å². The van der Waals surface area contributed by atoms with Crippen molar-refractivity contribution in [1.29, 1.82) is 0 Å². The Kier molecular flexibility index (Phi) is 7.63. The highest BCUT2D eigenvalue weighted by Gasteiger charge is 2.56. The van der Waals surface area contributed by atoms with E-state index in [0.717, 1.165) is 48.1 Å². The van der Waals surface area contributed by atoms with E-state index < -0.39 is 0 Å². The number of likely N-dealkylation sites (tertiary alicyclic amines) is 1. The van der Waals surface area contributed by atoms with Crippen LogP contribution in [0.5, 0.6) is 0 Å². The summed E-state index contributed by atoms with van der Waals surface area (Å²) in [5.74, 6) is 0.575. The molecule has 0 spiro atoms. The number of carbonyl (C=O) groups is 1. The Morgan fingerprint density at radius 3 is 2.16 bits per heavy atom. The highest BCUT2D eigenvalue weighted by atomic mass is 16.1. The van der Waals surface area contributed by atoms with Crippen LogP contribution in [-0.4, -0.2) is 120 Å². The number of hydrogen-bond donors (Lipinski definition) is 1. The van der Waals surface area contributed by atoms with E-state index in [1.807, 2.05) is 31.4 Å². The molecule has 1 saturated heterocycles.